The summed E-state index contributed by atoms with van der Waals surface area (Å²) in [6.07, 6.45) is -3.31. The van der Waals surface area contributed by atoms with Crippen LogP contribution in [-0.2, 0) is 4.79 Å². The van der Waals surface area contributed by atoms with Crippen LogP contribution >= 0.6 is 11.6 Å². The topological polar surface area (TPSA) is 123 Å². The molecule has 9 nitrogen and oxygen atoms in total. The number of aliphatic carboxylic acids is 1. The van der Waals surface area contributed by atoms with Crippen molar-refractivity contribution < 1.29 is 37.8 Å². The van der Waals surface area contributed by atoms with Crippen LogP contribution in [0.5, 0.6) is 0 Å². The van der Waals surface area contributed by atoms with Crippen molar-refractivity contribution in [3.05, 3.63) is 83.0 Å². The van der Waals surface area contributed by atoms with Crippen LogP contribution in [0.15, 0.2) is 66.9 Å². The summed E-state index contributed by atoms with van der Waals surface area (Å²) in [4.78, 5) is 41.9. The van der Waals surface area contributed by atoms with Gasteiger partial charge in [0, 0.05) is 43.0 Å². The van der Waals surface area contributed by atoms with Crippen LogP contribution in [-0.4, -0.2) is 65.4 Å². The third-order valence-corrected chi connectivity index (χ3v) is 5.65. The van der Waals surface area contributed by atoms with E-state index in [1.165, 1.54) is 6.07 Å². The lowest BCUT2D eigenvalue weighted by Crippen LogP contribution is -2.47. The van der Waals surface area contributed by atoms with Gasteiger partial charge < -0.3 is 25.3 Å². The monoisotopic (exact) mass is 550 g/mol. The molecule has 0 atom stereocenters. The van der Waals surface area contributed by atoms with Gasteiger partial charge in [-0.15, -0.1) is 0 Å². The Hall–Kier alpha value is -4.32. The Kier molecular flexibility index (Phi) is 9.13. The normalized spacial score (nSPS) is 13.3. The highest BCUT2D eigenvalue weighted by Crippen LogP contribution is 2.30. The molecule has 200 valence electrons. The Balaban J connectivity index is 0.000000505. The number of rotatable bonds is 5. The van der Waals surface area contributed by atoms with Gasteiger partial charge in [0.2, 0.25) is 0 Å². The van der Waals surface area contributed by atoms with Gasteiger partial charge in [0.1, 0.15) is 5.82 Å². The van der Waals surface area contributed by atoms with Gasteiger partial charge in [0.05, 0.1) is 16.9 Å². The van der Waals surface area contributed by atoms with E-state index in [9.17, 15) is 27.9 Å². The minimum atomic E-state index is -5.08. The molecular weight excluding hydrogens is 529 g/mol. The second-order valence-corrected chi connectivity index (χ2v) is 8.40. The molecule has 2 aromatic carbocycles. The first-order valence-electron chi connectivity index (χ1n) is 11.1. The van der Waals surface area contributed by atoms with Crippen molar-refractivity contribution in [1.29, 1.82) is 0 Å². The molecule has 1 amide bonds. The molecule has 0 radical (unpaired) electrons. The second kappa shape index (κ2) is 12.3. The highest BCUT2D eigenvalue weighted by Gasteiger charge is 2.38. The van der Waals surface area contributed by atoms with Crippen molar-refractivity contribution in [1.82, 2.24) is 4.98 Å². The Morgan fingerprint density at radius 3 is 2.08 bits per heavy atom. The number of anilines is 3. The summed E-state index contributed by atoms with van der Waals surface area (Å²) in [6, 6.07) is 17.2. The summed E-state index contributed by atoms with van der Waals surface area (Å²) in [5.74, 6) is -3.23. The number of nitrogens with one attached hydrogen (secondary N) is 1. The number of hydrogen-bond acceptors (Lipinski definition) is 6. The highest BCUT2D eigenvalue weighted by molar-refractivity contribution is 6.31. The first-order chi connectivity index (χ1) is 18.0. The zero-order chi connectivity index (χ0) is 27.9. The molecule has 0 saturated carbocycles. The van der Waals surface area contributed by atoms with Gasteiger partial charge in [-0.05, 0) is 48.5 Å². The molecule has 0 spiro atoms. The molecule has 1 fully saturated rings. The third-order valence-electron chi connectivity index (χ3n) is 5.41. The van der Waals surface area contributed by atoms with Gasteiger partial charge in [-0.25, -0.2) is 14.6 Å². The van der Waals surface area contributed by atoms with E-state index >= 15 is 0 Å². The Bertz CT molecular complexity index is 1300. The van der Waals surface area contributed by atoms with Crippen LogP contribution in [0.1, 0.15) is 20.7 Å². The Morgan fingerprint density at radius 1 is 0.868 bits per heavy atom. The lowest BCUT2D eigenvalue weighted by atomic mass is 10.1. The predicted octanol–water partition coefficient (Wildman–Crippen LogP) is 4.65. The molecule has 4 rings (SSSR count). The highest BCUT2D eigenvalue weighted by atomic mass is 35.5. The van der Waals surface area contributed by atoms with E-state index in [2.05, 4.69) is 20.1 Å². The second-order valence-electron chi connectivity index (χ2n) is 7.97. The van der Waals surface area contributed by atoms with E-state index in [1.54, 1.807) is 42.6 Å². The molecule has 0 aliphatic carbocycles. The zero-order valence-electron chi connectivity index (χ0n) is 19.7. The maximum absolute atomic E-state index is 12.8. The van der Waals surface area contributed by atoms with Crippen molar-refractivity contribution in [2.45, 2.75) is 6.18 Å². The number of halogens is 4. The fourth-order valence-electron chi connectivity index (χ4n) is 3.59. The maximum Gasteiger partial charge on any atom is 0.490 e. The number of aromatic nitrogens is 1. The molecule has 1 aromatic heterocycles. The van der Waals surface area contributed by atoms with E-state index in [1.807, 2.05) is 18.2 Å². The number of aromatic carboxylic acids is 1. The van der Waals surface area contributed by atoms with Crippen molar-refractivity contribution in [2.75, 3.05) is 41.3 Å². The van der Waals surface area contributed by atoms with Crippen molar-refractivity contribution in [3.63, 3.8) is 0 Å². The van der Waals surface area contributed by atoms with Gasteiger partial charge in [-0.1, -0.05) is 23.7 Å². The van der Waals surface area contributed by atoms with Crippen LogP contribution in [0.25, 0.3) is 0 Å². The average Bonchev–Trinajstić information content (AvgIpc) is 2.89. The molecule has 38 heavy (non-hydrogen) atoms. The number of benzene rings is 2. The number of amides is 1. The molecule has 1 aliphatic rings. The number of pyridine rings is 1. The van der Waals surface area contributed by atoms with Gasteiger partial charge in [0.25, 0.3) is 5.91 Å². The number of carbonyl (C=O) groups excluding carboxylic acids is 1. The molecule has 3 N–H and O–H groups in total. The van der Waals surface area contributed by atoms with Gasteiger partial charge >= 0.3 is 18.1 Å². The summed E-state index contributed by atoms with van der Waals surface area (Å²) < 4.78 is 31.7. The minimum Gasteiger partial charge on any atom is -0.478 e. The minimum absolute atomic E-state index is 0.109. The van der Waals surface area contributed by atoms with Crippen molar-refractivity contribution in [3.8, 4) is 0 Å². The molecule has 13 heteroatoms. The number of piperazine rings is 1. The fraction of sp³-hybridized carbons (Fsp3) is 0.200. The molecule has 1 saturated heterocycles. The van der Waals surface area contributed by atoms with Crippen LogP contribution in [0.2, 0.25) is 5.02 Å². The van der Waals surface area contributed by atoms with Crippen LogP contribution in [0.3, 0.4) is 0 Å². The van der Waals surface area contributed by atoms with Crippen LogP contribution in [0, 0.1) is 0 Å². The quantitative estimate of drug-likeness (QED) is 0.420. The Labute approximate surface area is 220 Å². The lowest BCUT2D eigenvalue weighted by molar-refractivity contribution is -0.192. The standard InChI is InChI=1S/C23H21ClN4O3.C2HF3O2/c24-18-5-3-4-16(14-18)22(29)26-19-15-17(23(30)31)7-8-20(19)27-10-12-28(13-11-27)21-6-1-2-9-25-21;3-2(4,5)1(6)7/h1-9,14-15H,10-13H2,(H,26,29)(H,30,31);(H,6,7). The van der Waals surface area contributed by atoms with E-state index in [4.69, 9.17) is 21.5 Å². The lowest BCUT2D eigenvalue weighted by Gasteiger charge is -2.37. The molecule has 1 aliphatic heterocycles. The molecular formula is C25H22ClF3N4O5. The van der Waals surface area contributed by atoms with Gasteiger partial charge in [-0.3, -0.25) is 4.79 Å². The number of nitrogens with zero attached hydrogens (tertiary/aromatic N) is 3. The van der Waals surface area contributed by atoms with Crippen molar-refractivity contribution in [2.24, 2.45) is 0 Å². The molecule has 0 unspecified atom stereocenters. The largest absolute Gasteiger partial charge is 0.490 e. The zero-order valence-corrected chi connectivity index (χ0v) is 20.4. The number of carboxylic acid groups (broad SMARTS) is 2. The van der Waals surface area contributed by atoms with E-state index in [0.717, 1.165) is 24.6 Å². The average molecular weight is 551 g/mol. The summed E-state index contributed by atoms with van der Waals surface area (Å²) >= 11 is 6.00. The number of carbonyl (C=O) groups is 3. The number of carboxylic acids is 2. The van der Waals surface area contributed by atoms with E-state index < -0.39 is 18.1 Å². The smallest absolute Gasteiger partial charge is 0.478 e. The van der Waals surface area contributed by atoms with Gasteiger partial charge in [0.15, 0.2) is 0 Å². The summed E-state index contributed by atoms with van der Waals surface area (Å²) in [5.41, 5.74) is 1.74. The van der Waals surface area contributed by atoms with Crippen molar-refractivity contribution >= 4 is 46.6 Å². The van der Waals surface area contributed by atoms with E-state index in [0.29, 0.717) is 29.4 Å². The number of hydrogen-bond donors (Lipinski definition) is 3. The third kappa shape index (κ3) is 7.59. The number of alkyl halides is 3. The Morgan fingerprint density at radius 2 is 1.53 bits per heavy atom. The first kappa shape index (κ1) is 28.3. The molecule has 3 aromatic rings. The summed E-state index contributed by atoms with van der Waals surface area (Å²) in [5, 5.41) is 19.8. The van der Waals surface area contributed by atoms with E-state index in [-0.39, 0.29) is 11.5 Å². The van der Waals surface area contributed by atoms with Crippen LogP contribution in [0.4, 0.5) is 30.4 Å². The maximum atomic E-state index is 12.8. The van der Waals surface area contributed by atoms with Gasteiger partial charge in [-0.2, -0.15) is 13.2 Å². The molecule has 2 heterocycles. The molecule has 0 bridgehead atoms. The predicted molar refractivity (Wildman–Crippen MR) is 135 cm³/mol. The van der Waals surface area contributed by atoms with Crippen LogP contribution < -0.4 is 15.1 Å². The summed E-state index contributed by atoms with van der Waals surface area (Å²) in [6.45, 7) is 2.95. The fourth-order valence-corrected chi connectivity index (χ4v) is 3.78. The summed E-state index contributed by atoms with van der Waals surface area (Å²) in [7, 11) is 0. The first-order valence-corrected chi connectivity index (χ1v) is 11.5. The SMILES string of the molecule is O=C(O)C(F)(F)F.O=C(O)c1ccc(N2CCN(c3ccccn3)CC2)c(NC(=O)c2cccc(Cl)c2)c1.